The number of hydrogen-bond acceptors (Lipinski definition) is 5. The highest BCUT2D eigenvalue weighted by atomic mass is 32.2. The van der Waals surface area contributed by atoms with Crippen molar-refractivity contribution in [2.45, 2.75) is 24.7 Å². The van der Waals surface area contributed by atoms with Gasteiger partial charge in [-0.05, 0) is 49.6 Å². The van der Waals surface area contributed by atoms with Crippen molar-refractivity contribution in [1.29, 1.82) is 0 Å². The quantitative estimate of drug-likeness (QED) is 0.652. The molecule has 1 aliphatic rings. The molecule has 30 heavy (non-hydrogen) atoms. The Morgan fingerprint density at radius 1 is 1.17 bits per heavy atom. The van der Waals surface area contributed by atoms with Crippen LogP contribution in [0.3, 0.4) is 0 Å². The topological polar surface area (TPSA) is 79.4 Å². The summed E-state index contributed by atoms with van der Waals surface area (Å²) < 4.78 is 54.5. The molecular formula is C20H19F2N3O3S2. The molecule has 1 saturated heterocycles. The molecule has 3 aromatic rings. The van der Waals surface area contributed by atoms with Crippen molar-refractivity contribution in [1.82, 2.24) is 9.29 Å². The Labute approximate surface area is 176 Å². The summed E-state index contributed by atoms with van der Waals surface area (Å²) in [5.74, 6) is -2.55. The van der Waals surface area contributed by atoms with Crippen molar-refractivity contribution in [3.05, 3.63) is 53.6 Å². The molecule has 0 saturated carbocycles. The van der Waals surface area contributed by atoms with Crippen LogP contribution in [-0.4, -0.2) is 36.7 Å². The number of thiazole rings is 1. The van der Waals surface area contributed by atoms with E-state index in [0.717, 1.165) is 32.2 Å². The van der Waals surface area contributed by atoms with Gasteiger partial charge in [0.2, 0.25) is 15.9 Å². The zero-order valence-corrected chi connectivity index (χ0v) is 17.7. The average molecular weight is 452 g/mol. The number of piperidine rings is 1. The SMILES string of the molecule is Cc1ccc2nc(NC(=O)C3CCN(S(=O)(=O)c4ccc(F)cc4F)CC3)sc2c1. The van der Waals surface area contributed by atoms with Gasteiger partial charge in [0.05, 0.1) is 10.2 Å². The van der Waals surface area contributed by atoms with Crippen LogP contribution in [0.4, 0.5) is 13.9 Å². The minimum absolute atomic E-state index is 0.0796. The summed E-state index contributed by atoms with van der Waals surface area (Å²) in [6.45, 7) is 2.14. The van der Waals surface area contributed by atoms with Gasteiger partial charge in [-0.15, -0.1) is 0 Å². The minimum atomic E-state index is -4.09. The molecule has 4 rings (SSSR count). The molecule has 10 heteroatoms. The van der Waals surface area contributed by atoms with Gasteiger partial charge in [-0.1, -0.05) is 17.4 Å². The van der Waals surface area contributed by atoms with Crippen molar-refractivity contribution < 1.29 is 22.0 Å². The molecule has 1 amide bonds. The largest absolute Gasteiger partial charge is 0.302 e. The van der Waals surface area contributed by atoms with Crippen molar-refractivity contribution in [2.24, 2.45) is 5.92 Å². The van der Waals surface area contributed by atoms with Crippen molar-refractivity contribution in [3.63, 3.8) is 0 Å². The third-order valence-corrected chi connectivity index (χ3v) is 7.98. The number of aromatic nitrogens is 1. The standard InChI is InChI=1S/C20H19F2N3O3S2/c1-12-2-4-16-17(10-12)29-20(23-16)24-19(26)13-6-8-25(9-7-13)30(27,28)18-5-3-14(21)11-15(18)22/h2-5,10-11,13H,6-9H2,1H3,(H,23,24,26). The lowest BCUT2D eigenvalue weighted by atomic mass is 9.97. The van der Waals surface area contributed by atoms with E-state index in [0.29, 0.717) is 24.0 Å². The van der Waals surface area contributed by atoms with Crippen molar-refractivity contribution in [2.75, 3.05) is 18.4 Å². The molecule has 1 N–H and O–H groups in total. The average Bonchev–Trinajstić information content (AvgIpc) is 3.09. The van der Waals surface area contributed by atoms with Gasteiger partial charge >= 0.3 is 0 Å². The maximum absolute atomic E-state index is 13.9. The number of halogens is 2. The van der Waals surface area contributed by atoms with Crippen LogP contribution in [0.2, 0.25) is 0 Å². The minimum Gasteiger partial charge on any atom is -0.302 e. The normalized spacial score (nSPS) is 16.1. The Balaban J connectivity index is 1.41. The van der Waals surface area contributed by atoms with E-state index >= 15 is 0 Å². The van der Waals surface area contributed by atoms with Crippen LogP contribution in [0, 0.1) is 24.5 Å². The Morgan fingerprint density at radius 3 is 2.60 bits per heavy atom. The summed E-state index contributed by atoms with van der Waals surface area (Å²) in [6.07, 6.45) is 0.607. The molecule has 0 aliphatic carbocycles. The second-order valence-electron chi connectivity index (χ2n) is 7.23. The molecule has 2 heterocycles. The van der Waals surface area contributed by atoms with Crippen LogP contribution in [0.25, 0.3) is 10.2 Å². The first-order valence-corrected chi connectivity index (χ1v) is 11.6. The van der Waals surface area contributed by atoms with Gasteiger partial charge in [0.1, 0.15) is 16.5 Å². The molecule has 0 bridgehead atoms. The van der Waals surface area contributed by atoms with Crippen LogP contribution in [0.15, 0.2) is 41.3 Å². The van der Waals surface area contributed by atoms with Gasteiger partial charge < -0.3 is 5.32 Å². The number of sulfonamides is 1. The van der Waals surface area contributed by atoms with E-state index in [2.05, 4.69) is 10.3 Å². The number of nitrogens with zero attached hydrogens (tertiary/aromatic N) is 2. The maximum atomic E-state index is 13.9. The number of rotatable bonds is 4. The van der Waals surface area contributed by atoms with E-state index in [1.54, 1.807) is 0 Å². The van der Waals surface area contributed by atoms with Crippen molar-refractivity contribution in [3.8, 4) is 0 Å². The number of hydrogen-bond donors (Lipinski definition) is 1. The first kappa shape index (κ1) is 20.8. The highest BCUT2D eigenvalue weighted by molar-refractivity contribution is 7.89. The summed E-state index contributed by atoms with van der Waals surface area (Å²) in [6, 6.07) is 8.24. The highest BCUT2D eigenvalue weighted by Crippen LogP contribution is 2.29. The van der Waals surface area contributed by atoms with E-state index in [-0.39, 0.29) is 24.9 Å². The Kier molecular flexibility index (Phi) is 5.56. The summed E-state index contributed by atoms with van der Waals surface area (Å²) in [5.41, 5.74) is 1.92. The van der Waals surface area contributed by atoms with Crippen molar-refractivity contribution >= 4 is 42.6 Å². The number of carbonyl (C=O) groups excluding carboxylic acids is 1. The third-order valence-electron chi connectivity index (χ3n) is 5.11. The zero-order valence-electron chi connectivity index (χ0n) is 16.1. The van der Waals surface area contributed by atoms with Gasteiger partial charge in [0.15, 0.2) is 5.13 Å². The highest BCUT2D eigenvalue weighted by Gasteiger charge is 2.33. The number of benzene rings is 2. The smallest absolute Gasteiger partial charge is 0.245 e. The molecule has 0 spiro atoms. The fourth-order valence-electron chi connectivity index (χ4n) is 3.47. The van der Waals surface area contributed by atoms with Gasteiger partial charge in [0.25, 0.3) is 0 Å². The lowest BCUT2D eigenvalue weighted by Crippen LogP contribution is -2.41. The van der Waals surface area contributed by atoms with Crippen LogP contribution in [-0.2, 0) is 14.8 Å². The summed E-state index contributed by atoms with van der Waals surface area (Å²) in [5, 5.41) is 3.32. The number of carbonyl (C=O) groups is 1. The third kappa shape index (κ3) is 4.07. The first-order chi connectivity index (χ1) is 14.2. The number of fused-ring (bicyclic) bond motifs is 1. The van der Waals surface area contributed by atoms with Gasteiger partial charge in [-0.2, -0.15) is 4.31 Å². The lowest BCUT2D eigenvalue weighted by Gasteiger charge is -2.30. The molecule has 2 aromatic carbocycles. The molecule has 0 atom stereocenters. The van der Waals surface area contributed by atoms with E-state index in [1.165, 1.54) is 11.3 Å². The van der Waals surface area contributed by atoms with Gasteiger partial charge in [0, 0.05) is 25.1 Å². The first-order valence-electron chi connectivity index (χ1n) is 9.37. The Bertz CT molecular complexity index is 1220. The molecular weight excluding hydrogens is 432 g/mol. The molecule has 0 radical (unpaired) electrons. The predicted molar refractivity (Wildman–Crippen MR) is 111 cm³/mol. The second-order valence-corrected chi connectivity index (χ2v) is 10.2. The molecule has 1 fully saturated rings. The van der Waals surface area contributed by atoms with Crippen LogP contribution >= 0.6 is 11.3 Å². The monoisotopic (exact) mass is 451 g/mol. The lowest BCUT2D eigenvalue weighted by molar-refractivity contribution is -0.120. The van der Waals surface area contributed by atoms with E-state index < -0.39 is 26.6 Å². The second kappa shape index (κ2) is 8.01. The Hall–Kier alpha value is -2.43. The van der Waals surface area contributed by atoms with E-state index in [9.17, 15) is 22.0 Å². The fraction of sp³-hybridized carbons (Fsp3) is 0.300. The number of anilines is 1. The molecule has 158 valence electrons. The molecule has 1 aliphatic heterocycles. The Morgan fingerprint density at radius 2 is 1.90 bits per heavy atom. The summed E-state index contributed by atoms with van der Waals surface area (Å²) >= 11 is 1.39. The number of nitrogens with one attached hydrogen (secondary N) is 1. The maximum Gasteiger partial charge on any atom is 0.245 e. The predicted octanol–water partition coefficient (Wildman–Crippen LogP) is 3.92. The zero-order chi connectivity index (χ0) is 21.5. The molecule has 0 unspecified atom stereocenters. The van der Waals surface area contributed by atoms with Gasteiger partial charge in [-0.3, -0.25) is 4.79 Å². The van der Waals surface area contributed by atoms with E-state index in [1.807, 2.05) is 25.1 Å². The number of amides is 1. The van der Waals surface area contributed by atoms with Gasteiger partial charge in [-0.25, -0.2) is 22.2 Å². The fourth-order valence-corrected chi connectivity index (χ4v) is 5.96. The van der Waals surface area contributed by atoms with Crippen LogP contribution < -0.4 is 5.32 Å². The van der Waals surface area contributed by atoms with E-state index in [4.69, 9.17) is 0 Å². The summed E-state index contributed by atoms with van der Waals surface area (Å²) in [7, 11) is -4.09. The number of aryl methyl sites for hydroxylation is 1. The molecule has 1 aromatic heterocycles. The summed E-state index contributed by atoms with van der Waals surface area (Å²) in [4.78, 5) is 16.5. The molecule has 6 nitrogen and oxygen atoms in total. The van der Waals surface area contributed by atoms with Crippen LogP contribution in [0.1, 0.15) is 18.4 Å². The van der Waals surface area contributed by atoms with Crippen LogP contribution in [0.5, 0.6) is 0 Å².